The first-order valence-corrected chi connectivity index (χ1v) is 9.42. The molecule has 0 amide bonds. The molecule has 28 heavy (non-hydrogen) atoms. The number of nitrogens with zero attached hydrogens (tertiary/aromatic N) is 4. The third-order valence-corrected chi connectivity index (χ3v) is 4.87. The summed E-state index contributed by atoms with van der Waals surface area (Å²) in [7, 11) is 0. The van der Waals surface area contributed by atoms with Gasteiger partial charge >= 0.3 is 0 Å². The number of rotatable bonds is 5. The molecule has 1 aliphatic heterocycles. The molecular weight excluding hydrogens is 356 g/mol. The number of aromatic nitrogens is 5. The van der Waals surface area contributed by atoms with Gasteiger partial charge in [0.15, 0.2) is 11.3 Å². The van der Waals surface area contributed by atoms with Crippen molar-refractivity contribution >= 4 is 33.4 Å². The predicted molar refractivity (Wildman–Crippen MR) is 106 cm³/mol. The Bertz CT molecular complexity index is 1110. The fourth-order valence-electron chi connectivity index (χ4n) is 3.44. The summed E-state index contributed by atoms with van der Waals surface area (Å²) >= 11 is 0. The number of pyridine rings is 1. The Labute approximate surface area is 161 Å². The van der Waals surface area contributed by atoms with Crippen LogP contribution in [0.5, 0.6) is 5.88 Å². The standard InChI is InChI=1S/C20H20N6O2/c1-2-10-27-15(3-1)12-28-20-16-5-4-14(11-13(16)6-7-23-20)24-19-17-18(25-26-19)22-9-8-21-17/h4-9,11,15H,1-3,10,12H2,(H2,22,24,25,26). The van der Waals surface area contributed by atoms with Crippen LogP contribution < -0.4 is 10.1 Å². The number of aromatic amines is 1. The highest BCUT2D eigenvalue weighted by atomic mass is 16.5. The lowest BCUT2D eigenvalue weighted by molar-refractivity contribution is -0.0116. The second kappa shape index (κ2) is 7.40. The Morgan fingerprint density at radius 2 is 2.07 bits per heavy atom. The van der Waals surface area contributed by atoms with Gasteiger partial charge in [0.05, 0.1) is 6.10 Å². The number of benzene rings is 1. The van der Waals surface area contributed by atoms with E-state index in [9.17, 15) is 0 Å². The summed E-state index contributed by atoms with van der Waals surface area (Å²) in [5.41, 5.74) is 2.20. The molecule has 1 aromatic carbocycles. The fourth-order valence-corrected chi connectivity index (χ4v) is 3.44. The summed E-state index contributed by atoms with van der Waals surface area (Å²) in [6.07, 6.45) is 8.56. The van der Waals surface area contributed by atoms with E-state index in [1.807, 2.05) is 24.3 Å². The number of hydrogen-bond donors (Lipinski definition) is 2. The molecule has 4 aromatic rings. The molecule has 0 radical (unpaired) electrons. The van der Waals surface area contributed by atoms with Crippen LogP contribution in [0.4, 0.5) is 11.5 Å². The minimum Gasteiger partial charge on any atom is -0.474 e. The van der Waals surface area contributed by atoms with Crippen LogP contribution in [-0.2, 0) is 4.74 Å². The predicted octanol–water partition coefficient (Wildman–Crippen LogP) is 3.59. The Kier molecular flexibility index (Phi) is 4.46. The van der Waals surface area contributed by atoms with Crippen LogP contribution in [0.25, 0.3) is 21.9 Å². The molecule has 0 bridgehead atoms. The van der Waals surface area contributed by atoms with E-state index in [0.29, 0.717) is 29.5 Å². The molecule has 4 heterocycles. The van der Waals surface area contributed by atoms with Crippen molar-refractivity contribution in [1.29, 1.82) is 0 Å². The quantitative estimate of drug-likeness (QED) is 0.549. The average molecular weight is 376 g/mol. The fraction of sp³-hybridized carbons (Fsp3) is 0.300. The number of nitrogens with one attached hydrogen (secondary N) is 2. The van der Waals surface area contributed by atoms with Crippen molar-refractivity contribution in [2.24, 2.45) is 0 Å². The number of anilines is 2. The average Bonchev–Trinajstić information content (AvgIpc) is 3.16. The van der Waals surface area contributed by atoms with Crippen LogP contribution in [0.15, 0.2) is 42.9 Å². The Hall–Kier alpha value is -3.26. The zero-order valence-electron chi connectivity index (χ0n) is 15.3. The van der Waals surface area contributed by atoms with Gasteiger partial charge in [0.2, 0.25) is 11.5 Å². The van der Waals surface area contributed by atoms with Gasteiger partial charge in [0, 0.05) is 36.3 Å². The van der Waals surface area contributed by atoms with Gasteiger partial charge in [0.1, 0.15) is 6.61 Å². The Morgan fingerprint density at radius 1 is 1.11 bits per heavy atom. The maximum absolute atomic E-state index is 5.97. The van der Waals surface area contributed by atoms with E-state index in [1.165, 1.54) is 6.42 Å². The molecule has 3 aromatic heterocycles. The van der Waals surface area contributed by atoms with Gasteiger partial charge in [0.25, 0.3) is 0 Å². The first kappa shape index (κ1) is 16.9. The maximum Gasteiger partial charge on any atom is 0.221 e. The Balaban J connectivity index is 1.37. The summed E-state index contributed by atoms with van der Waals surface area (Å²) in [6, 6.07) is 8.00. The SMILES string of the molecule is c1cc2cc(Nc3[nH]nc4nccnc34)ccc2c(OCC2CCCCO2)n1. The molecule has 0 aliphatic carbocycles. The third kappa shape index (κ3) is 3.34. The van der Waals surface area contributed by atoms with Crippen molar-refractivity contribution in [1.82, 2.24) is 25.1 Å². The summed E-state index contributed by atoms with van der Waals surface area (Å²) in [5.74, 6) is 1.35. The lowest BCUT2D eigenvalue weighted by Crippen LogP contribution is -2.26. The van der Waals surface area contributed by atoms with E-state index in [1.54, 1.807) is 18.6 Å². The van der Waals surface area contributed by atoms with Crippen molar-refractivity contribution in [3.05, 3.63) is 42.9 Å². The van der Waals surface area contributed by atoms with Crippen molar-refractivity contribution in [3.63, 3.8) is 0 Å². The normalized spacial score (nSPS) is 17.1. The van der Waals surface area contributed by atoms with Crippen molar-refractivity contribution in [2.75, 3.05) is 18.5 Å². The van der Waals surface area contributed by atoms with Gasteiger partial charge in [-0.05, 0) is 48.9 Å². The van der Waals surface area contributed by atoms with E-state index in [-0.39, 0.29) is 6.10 Å². The molecule has 1 aliphatic rings. The first-order valence-electron chi connectivity index (χ1n) is 9.42. The lowest BCUT2D eigenvalue weighted by atomic mass is 10.1. The molecule has 1 atom stereocenters. The molecule has 1 saturated heterocycles. The molecule has 0 saturated carbocycles. The molecule has 0 spiro atoms. The minimum absolute atomic E-state index is 0.154. The minimum atomic E-state index is 0.154. The van der Waals surface area contributed by atoms with Crippen molar-refractivity contribution in [3.8, 4) is 5.88 Å². The largest absolute Gasteiger partial charge is 0.474 e. The van der Waals surface area contributed by atoms with Gasteiger partial charge in [-0.25, -0.2) is 15.0 Å². The molecule has 1 fully saturated rings. The highest BCUT2D eigenvalue weighted by Crippen LogP contribution is 2.28. The van der Waals surface area contributed by atoms with Gasteiger partial charge in [-0.15, -0.1) is 0 Å². The smallest absolute Gasteiger partial charge is 0.221 e. The van der Waals surface area contributed by atoms with Crippen LogP contribution in [0.3, 0.4) is 0 Å². The Morgan fingerprint density at radius 3 is 3.00 bits per heavy atom. The van der Waals surface area contributed by atoms with Crippen LogP contribution in [0.2, 0.25) is 0 Å². The van der Waals surface area contributed by atoms with Crippen LogP contribution >= 0.6 is 0 Å². The zero-order valence-corrected chi connectivity index (χ0v) is 15.3. The van der Waals surface area contributed by atoms with Crippen molar-refractivity contribution < 1.29 is 9.47 Å². The summed E-state index contributed by atoms with van der Waals surface area (Å²) < 4.78 is 11.7. The van der Waals surface area contributed by atoms with Gasteiger partial charge in [-0.3, -0.25) is 5.10 Å². The zero-order chi connectivity index (χ0) is 18.8. The maximum atomic E-state index is 5.97. The first-order chi connectivity index (χ1) is 13.9. The van der Waals surface area contributed by atoms with Gasteiger partial charge in [-0.1, -0.05) is 0 Å². The van der Waals surface area contributed by atoms with Gasteiger partial charge in [-0.2, -0.15) is 5.10 Å². The van der Waals surface area contributed by atoms with Crippen molar-refractivity contribution in [2.45, 2.75) is 25.4 Å². The number of H-pyrrole nitrogens is 1. The van der Waals surface area contributed by atoms with E-state index in [4.69, 9.17) is 9.47 Å². The van der Waals surface area contributed by atoms with Crippen LogP contribution in [0.1, 0.15) is 19.3 Å². The third-order valence-electron chi connectivity index (χ3n) is 4.87. The molecule has 2 N–H and O–H groups in total. The number of hydrogen-bond acceptors (Lipinski definition) is 7. The summed E-state index contributed by atoms with van der Waals surface area (Å²) in [5, 5.41) is 12.4. The monoisotopic (exact) mass is 376 g/mol. The van der Waals surface area contributed by atoms with Crippen LogP contribution in [0, 0.1) is 0 Å². The van der Waals surface area contributed by atoms with E-state index < -0.39 is 0 Å². The highest BCUT2D eigenvalue weighted by molar-refractivity contribution is 5.91. The second-order valence-electron chi connectivity index (χ2n) is 6.80. The molecule has 1 unspecified atom stereocenters. The second-order valence-corrected chi connectivity index (χ2v) is 6.80. The topological polar surface area (TPSA) is 97.8 Å². The molecule has 8 heteroatoms. The molecule has 5 rings (SSSR count). The lowest BCUT2D eigenvalue weighted by Gasteiger charge is -2.22. The van der Waals surface area contributed by atoms with Crippen LogP contribution in [-0.4, -0.2) is 44.5 Å². The molecular formula is C20H20N6O2. The summed E-state index contributed by atoms with van der Waals surface area (Å²) in [4.78, 5) is 12.9. The van der Waals surface area contributed by atoms with E-state index in [0.717, 1.165) is 35.9 Å². The number of ether oxygens (including phenoxy) is 2. The van der Waals surface area contributed by atoms with E-state index in [2.05, 4.69) is 30.5 Å². The van der Waals surface area contributed by atoms with E-state index >= 15 is 0 Å². The molecule has 8 nitrogen and oxygen atoms in total. The van der Waals surface area contributed by atoms with Gasteiger partial charge < -0.3 is 14.8 Å². The summed E-state index contributed by atoms with van der Waals surface area (Å²) in [6.45, 7) is 1.35. The number of fused-ring (bicyclic) bond motifs is 2. The molecule has 142 valence electrons. The highest BCUT2D eigenvalue weighted by Gasteiger charge is 2.15.